The molecule has 7 nitrogen and oxygen atoms in total. The van der Waals surface area contributed by atoms with Crippen LogP contribution in [0.2, 0.25) is 0 Å². The average Bonchev–Trinajstić information content (AvgIpc) is 2.42. The number of amides is 2. The van der Waals surface area contributed by atoms with E-state index in [2.05, 4.69) is 10.1 Å². The zero-order valence-electron chi connectivity index (χ0n) is 12.1. The predicted octanol–water partition coefficient (Wildman–Crippen LogP) is 0.297. The summed E-state index contributed by atoms with van der Waals surface area (Å²) in [5, 5.41) is 2.29. The molecule has 21 heavy (non-hydrogen) atoms. The van der Waals surface area contributed by atoms with E-state index in [0.29, 0.717) is 16.9 Å². The van der Waals surface area contributed by atoms with E-state index < -0.39 is 23.3 Å². The Hall–Kier alpha value is -2.57. The van der Waals surface area contributed by atoms with Crippen molar-refractivity contribution in [3.8, 4) is 0 Å². The van der Waals surface area contributed by atoms with E-state index in [1.54, 1.807) is 30.9 Å². The van der Waals surface area contributed by atoms with Gasteiger partial charge in [-0.25, -0.2) is 4.79 Å². The Morgan fingerprint density at radius 2 is 2.05 bits per heavy atom. The molecule has 1 aliphatic heterocycles. The van der Waals surface area contributed by atoms with E-state index in [0.717, 1.165) is 0 Å². The first-order chi connectivity index (χ1) is 9.77. The maximum Gasteiger partial charge on any atom is 0.337 e. The summed E-state index contributed by atoms with van der Waals surface area (Å²) in [6.45, 7) is 3.41. The van der Waals surface area contributed by atoms with Crippen LogP contribution in [-0.2, 0) is 14.3 Å². The Morgan fingerprint density at radius 1 is 1.38 bits per heavy atom. The molecule has 0 aromatic heterocycles. The zero-order valence-corrected chi connectivity index (χ0v) is 12.1. The molecule has 0 radical (unpaired) electrons. The summed E-state index contributed by atoms with van der Waals surface area (Å²) in [5.41, 5.74) is 6.18. The van der Waals surface area contributed by atoms with Crippen LogP contribution in [0.15, 0.2) is 18.2 Å². The lowest BCUT2D eigenvalue weighted by Gasteiger charge is -2.42. The number of anilines is 2. The highest BCUT2D eigenvalue weighted by atomic mass is 16.5. The molecule has 1 fully saturated rings. The van der Waals surface area contributed by atoms with Gasteiger partial charge in [0.1, 0.15) is 5.54 Å². The Morgan fingerprint density at radius 3 is 2.62 bits per heavy atom. The summed E-state index contributed by atoms with van der Waals surface area (Å²) >= 11 is 0. The predicted molar refractivity (Wildman–Crippen MR) is 76.8 cm³/mol. The number of ether oxygens (including phenoxy) is 1. The summed E-state index contributed by atoms with van der Waals surface area (Å²) < 4.78 is 4.63. The van der Waals surface area contributed by atoms with Crippen molar-refractivity contribution < 1.29 is 19.1 Å². The molecule has 1 saturated heterocycles. The maximum absolute atomic E-state index is 12.0. The Labute approximate surface area is 122 Å². The van der Waals surface area contributed by atoms with Gasteiger partial charge in [0.15, 0.2) is 0 Å². The fourth-order valence-electron chi connectivity index (χ4n) is 2.21. The monoisotopic (exact) mass is 291 g/mol. The van der Waals surface area contributed by atoms with E-state index in [9.17, 15) is 14.4 Å². The first kappa shape index (κ1) is 14.8. The van der Waals surface area contributed by atoms with Crippen LogP contribution in [0.4, 0.5) is 11.4 Å². The summed E-state index contributed by atoms with van der Waals surface area (Å²) in [4.78, 5) is 36.6. The number of nitrogens with two attached hydrogens (primary N) is 1. The highest BCUT2D eigenvalue weighted by Gasteiger charge is 2.41. The van der Waals surface area contributed by atoms with Gasteiger partial charge in [0.2, 0.25) is 5.91 Å². The second-order valence-corrected chi connectivity index (χ2v) is 5.29. The third-order valence-corrected chi connectivity index (χ3v) is 3.52. The number of piperazine rings is 1. The first-order valence-electron chi connectivity index (χ1n) is 6.37. The van der Waals surface area contributed by atoms with E-state index in [1.807, 2.05) is 0 Å². The van der Waals surface area contributed by atoms with Crippen molar-refractivity contribution in [3.05, 3.63) is 23.8 Å². The summed E-state index contributed by atoms with van der Waals surface area (Å²) in [7, 11) is 1.28. The summed E-state index contributed by atoms with van der Waals surface area (Å²) in [5.74, 6) is -1.29. The molecule has 0 aliphatic carbocycles. The lowest BCUT2D eigenvalue weighted by molar-refractivity contribution is -0.135. The fraction of sp³-hybridized carbons (Fsp3) is 0.357. The van der Waals surface area contributed by atoms with Crippen LogP contribution in [0.3, 0.4) is 0 Å². The van der Waals surface area contributed by atoms with Crippen LogP contribution in [0.5, 0.6) is 0 Å². The fourth-order valence-corrected chi connectivity index (χ4v) is 2.21. The number of rotatable bonds is 2. The number of hydrogen-bond donors (Lipinski definition) is 2. The number of esters is 1. The number of imide groups is 1. The largest absolute Gasteiger partial charge is 0.465 e. The van der Waals surface area contributed by atoms with Gasteiger partial charge in [-0.2, -0.15) is 0 Å². The minimum absolute atomic E-state index is 0.0144. The molecule has 2 amide bonds. The first-order valence-corrected chi connectivity index (χ1v) is 6.37. The molecule has 0 atom stereocenters. The van der Waals surface area contributed by atoms with Crippen molar-refractivity contribution in [1.29, 1.82) is 0 Å². The van der Waals surface area contributed by atoms with Crippen molar-refractivity contribution in [1.82, 2.24) is 5.32 Å². The third kappa shape index (κ3) is 2.54. The van der Waals surface area contributed by atoms with Crippen LogP contribution in [0.25, 0.3) is 0 Å². The van der Waals surface area contributed by atoms with Crippen LogP contribution in [0, 0.1) is 0 Å². The van der Waals surface area contributed by atoms with E-state index in [4.69, 9.17) is 5.73 Å². The quantitative estimate of drug-likeness (QED) is 0.461. The van der Waals surface area contributed by atoms with Crippen LogP contribution >= 0.6 is 0 Å². The van der Waals surface area contributed by atoms with E-state index in [-0.39, 0.29) is 6.54 Å². The van der Waals surface area contributed by atoms with Gasteiger partial charge in [0.25, 0.3) is 5.91 Å². The Kier molecular flexibility index (Phi) is 3.59. The SMILES string of the molecule is COC(=O)c1ccc(N2CC(=O)NC(=O)C2(C)C)c(N)c1. The lowest BCUT2D eigenvalue weighted by Crippen LogP contribution is -2.64. The van der Waals surface area contributed by atoms with Gasteiger partial charge in [-0.05, 0) is 32.0 Å². The van der Waals surface area contributed by atoms with Gasteiger partial charge in [-0.1, -0.05) is 0 Å². The van der Waals surface area contributed by atoms with Crippen LogP contribution in [0.1, 0.15) is 24.2 Å². The molecule has 1 aliphatic rings. The molecule has 112 valence electrons. The van der Waals surface area contributed by atoms with Crippen molar-refractivity contribution in [2.45, 2.75) is 19.4 Å². The molecular formula is C14H17N3O4. The number of benzene rings is 1. The lowest BCUT2D eigenvalue weighted by atomic mass is 9.97. The van der Waals surface area contributed by atoms with Gasteiger partial charge in [-0.3, -0.25) is 14.9 Å². The van der Waals surface area contributed by atoms with Gasteiger partial charge in [0, 0.05) is 0 Å². The second kappa shape index (κ2) is 5.08. The van der Waals surface area contributed by atoms with Crippen molar-refractivity contribution in [2.75, 3.05) is 24.3 Å². The van der Waals surface area contributed by atoms with Gasteiger partial charge in [-0.15, -0.1) is 0 Å². The number of methoxy groups -OCH3 is 1. The smallest absolute Gasteiger partial charge is 0.337 e. The standard InChI is InChI=1S/C14H17N3O4/c1-14(2)13(20)16-11(18)7-17(14)10-5-4-8(6-9(10)15)12(19)21-3/h4-6H,7,15H2,1-3H3,(H,16,18,20). The van der Waals surface area contributed by atoms with Crippen LogP contribution < -0.4 is 16.0 Å². The third-order valence-electron chi connectivity index (χ3n) is 3.52. The van der Waals surface area contributed by atoms with Gasteiger partial charge >= 0.3 is 5.97 Å². The van der Waals surface area contributed by atoms with Gasteiger partial charge < -0.3 is 15.4 Å². The molecule has 3 N–H and O–H groups in total. The molecule has 1 aromatic rings. The highest BCUT2D eigenvalue weighted by Crippen LogP contribution is 2.32. The van der Waals surface area contributed by atoms with Crippen LogP contribution in [-0.4, -0.2) is 37.0 Å². The minimum atomic E-state index is -0.922. The Balaban J connectivity index is 2.43. The van der Waals surface area contributed by atoms with E-state index >= 15 is 0 Å². The maximum atomic E-state index is 12.0. The molecule has 0 spiro atoms. The zero-order chi connectivity index (χ0) is 15.8. The van der Waals surface area contributed by atoms with Crippen molar-refractivity contribution in [2.24, 2.45) is 0 Å². The molecule has 1 aromatic carbocycles. The summed E-state index contributed by atoms with van der Waals surface area (Å²) in [6.07, 6.45) is 0. The molecule has 2 rings (SSSR count). The van der Waals surface area contributed by atoms with Crippen molar-refractivity contribution in [3.63, 3.8) is 0 Å². The number of nitrogens with one attached hydrogen (secondary N) is 1. The number of nitrogen functional groups attached to an aromatic ring is 1. The minimum Gasteiger partial charge on any atom is -0.465 e. The van der Waals surface area contributed by atoms with Gasteiger partial charge in [0.05, 0.1) is 30.6 Å². The highest BCUT2D eigenvalue weighted by molar-refractivity contribution is 6.07. The molecule has 0 saturated carbocycles. The topological polar surface area (TPSA) is 102 Å². The number of carbonyl (C=O) groups excluding carboxylic acids is 3. The molecule has 0 bridgehead atoms. The Bertz CT molecular complexity index is 625. The summed E-state index contributed by atoms with van der Waals surface area (Å²) in [6, 6.07) is 4.62. The van der Waals surface area contributed by atoms with Crippen molar-refractivity contribution >= 4 is 29.2 Å². The molecule has 1 heterocycles. The van der Waals surface area contributed by atoms with E-state index in [1.165, 1.54) is 13.2 Å². The number of nitrogens with zero attached hydrogens (tertiary/aromatic N) is 1. The molecule has 7 heteroatoms. The normalized spacial score (nSPS) is 17.4. The molecule has 0 unspecified atom stereocenters. The second-order valence-electron chi connectivity index (χ2n) is 5.29. The number of carbonyl (C=O) groups is 3. The average molecular weight is 291 g/mol. The number of hydrogen-bond acceptors (Lipinski definition) is 6. The molecular weight excluding hydrogens is 274 g/mol.